The summed E-state index contributed by atoms with van der Waals surface area (Å²) in [7, 11) is 0. The Hall–Kier alpha value is -1.22. The van der Waals surface area contributed by atoms with Gasteiger partial charge in [-0.3, -0.25) is 0 Å². The minimum Gasteiger partial charge on any atom is -0.486 e. The van der Waals surface area contributed by atoms with Gasteiger partial charge in [-0.1, -0.05) is 27.7 Å². The number of benzene rings is 1. The first-order chi connectivity index (χ1) is 8.99. The third kappa shape index (κ3) is 2.10. The van der Waals surface area contributed by atoms with Crippen LogP contribution in [0.4, 0.5) is 0 Å². The first-order valence-electron chi connectivity index (χ1n) is 7.16. The van der Waals surface area contributed by atoms with E-state index in [2.05, 4.69) is 45.1 Å². The van der Waals surface area contributed by atoms with E-state index in [4.69, 9.17) is 9.47 Å². The average molecular weight is 261 g/mol. The van der Waals surface area contributed by atoms with Crippen LogP contribution >= 0.6 is 0 Å². The van der Waals surface area contributed by atoms with Crippen LogP contribution in [-0.4, -0.2) is 19.8 Å². The second-order valence-electron chi connectivity index (χ2n) is 6.57. The van der Waals surface area contributed by atoms with Gasteiger partial charge in [-0.2, -0.15) is 0 Å². The van der Waals surface area contributed by atoms with Gasteiger partial charge >= 0.3 is 0 Å². The van der Waals surface area contributed by atoms with E-state index < -0.39 is 0 Å². The summed E-state index contributed by atoms with van der Waals surface area (Å²) in [6.07, 6.45) is 0. The zero-order valence-corrected chi connectivity index (χ0v) is 12.2. The van der Waals surface area contributed by atoms with Crippen LogP contribution in [0, 0.1) is 5.92 Å². The zero-order chi connectivity index (χ0) is 13.6. The lowest BCUT2D eigenvalue weighted by Gasteiger charge is -2.40. The third-order valence-corrected chi connectivity index (χ3v) is 4.21. The molecule has 0 bridgehead atoms. The molecule has 0 fully saturated rings. The van der Waals surface area contributed by atoms with Crippen LogP contribution in [0.25, 0.3) is 0 Å². The predicted molar refractivity (Wildman–Crippen MR) is 76.0 cm³/mol. The lowest BCUT2D eigenvalue weighted by atomic mass is 9.74. The first kappa shape index (κ1) is 12.8. The van der Waals surface area contributed by atoms with Crippen molar-refractivity contribution >= 4 is 0 Å². The summed E-state index contributed by atoms with van der Waals surface area (Å²) in [4.78, 5) is 0. The third-order valence-electron chi connectivity index (χ3n) is 4.21. The normalized spacial score (nSPS) is 24.2. The number of fused-ring (bicyclic) bond motifs is 2. The topological polar surface area (TPSA) is 30.5 Å². The molecular weight excluding hydrogens is 238 g/mol. The number of hydrogen-bond donors (Lipinski definition) is 1. The van der Waals surface area contributed by atoms with E-state index in [-0.39, 0.29) is 5.41 Å². The number of hydrogen-bond acceptors (Lipinski definition) is 3. The molecule has 1 atom stereocenters. The largest absolute Gasteiger partial charge is 0.486 e. The van der Waals surface area contributed by atoms with Crippen molar-refractivity contribution in [2.75, 3.05) is 19.8 Å². The molecule has 0 aliphatic carbocycles. The Morgan fingerprint density at radius 2 is 1.79 bits per heavy atom. The van der Waals surface area contributed by atoms with E-state index in [1.807, 2.05) is 0 Å². The minimum atomic E-state index is 0.135. The second kappa shape index (κ2) is 4.41. The van der Waals surface area contributed by atoms with E-state index in [9.17, 15) is 0 Å². The Bertz CT molecular complexity index is 494. The Balaban J connectivity index is 2.14. The lowest BCUT2D eigenvalue weighted by molar-refractivity contribution is 0.170. The summed E-state index contributed by atoms with van der Waals surface area (Å²) < 4.78 is 11.5. The molecule has 0 aromatic heterocycles. The summed E-state index contributed by atoms with van der Waals surface area (Å²) in [6, 6.07) is 4.78. The predicted octanol–water partition coefficient (Wildman–Crippen LogP) is 3.04. The molecule has 1 N–H and O–H groups in total. The highest BCUT2D eigenvalue weighted by atomic mass is 16.6. The monoisotopic (exact) mass is 261 g/mol. The quantitative estimate of drug-likeness (QED) is 0.843. The number of ether oxygens (including phenoxy) is 2. The molecule has 1 aromatic rings. The first-order valence-corrected chi connectivity index (χ1v) is 7.16. The Morgan fingerprint density at radius 3 is 2.42 bits per heavy atom. The van der Waals surface area contributed by atoms with E-state index in [1.54, 1.807) is 0 Å². The fraction of sp³-hybridized carbons (Fsp3) is 0.625. The van der Waals surface area contributed by atoms with E-state index in [1.165, 1.54) is 11.1 Å². The van der Waals surface area contributed by atoms with Crippen LogP contribution in [0.3, 0.4) is 0 Å². The molecule has 0 spiro atoms. The van der Waals surface area contributed by atoms with Crippen LogP contribution in [-0.2, 0) is 5.41 Å². The molecule has 104 valence electrons. The van der Waals surface area contributed by atoms with Crippen LogP contribution < -0.4 is 14.8 Å². The van der Waals surface area contributed by atoms with Gasteiger partial charge in [0.05, 0.1) is 0 Å². The SMILES string of the molecule is CC(C)C1NCC(C)(C)c2cc3c(cc21)OCCO3. The van der Waals surface area contributed by atoms with Crippen LogP contribution in [0.1, 0.15) is 44.9 Å². The molecular formula is C16H23NO2. The standard InChI is InChI=1S/C16H23NO2/c1-10(2)15-11-7-13-14(19-6-5-18-13)8-12(11)16(3,4)9-17-15/h7-8,10,15,17H,5-6,9H2,1-4H3. The van der Waals surface area contributed by atoms with Gasteiger partial charge < -0.3 is 14.8 Å². The average Bonchev–Trinajstić information content (AvgIpc) is 2.36. The lowest BCUT2D eigenvalue weighted by Crippen LogP contribution is -2.43. The van der Waals surface area contributed by atoms with Crippen molar-refractivity contribution in [1.29, 1.82) is 0 Å². The number of rotatable bonds is 1. The Labute approximate surface area is 115 Å². The summed E-state index contributed by atoms with van der Waals surface area (Å²) in [5.74, 6) is 2.37. The van der Waals surface area contributed by atoms with Crippen LogP contribution in [0.5, 0.6) is 11.5 Å². The van der Waals surface area contributed by atoms with Crippen molar-refractivity contribution in [3.8, 4) is 11.5 Å². The van der Waals surface area contributed by atoms with Gasteiger partial charge in [-0.15, -0.1) is 0 Å². The summed E-state index contributed by atoms with van der Waals surface area (Å²) in [5, 5.41) is 3.68. The van der Waals surface area contributed by atoms with Gasteiger partial charge in [0.15, 0.2) is 11.5 Å². The van der Waals surface area contributed by atoms with Gasteiger partial charge in [0, 0.05) is 18.0 Å². The Kier molecular flexibility index (Phi) is 2.97. The summed E-state index contributed by atoms with van der Waals surface area (Å²) >= 11 is 0. The molecule has 2 aliphatic heterocycles. The number of nitrogens with one attached hydrogen (secondary N) is 1. The van der Waals surface area contributed by atoms with Gasteiger partial charge in [0.1, 0.15) is 13.2 Å². The highest BCUT2D eigenvalue weighted by molar-refractivity contribution is 5.52. The van der Waals surface area contributed by atoms with E-state index in [0.717, 1.165) is 18.0 Å². The fourth-order valence-electron chi connectivity index (χ4n) is 3.11. The molecule has 1 unspecified atom stereocenters. The van der Waals surface area contributed by atoms with Crippen LogP contribution in [0.2, 0.25) is 0 Å². The van der Waals surface area contributed by atoms with Gasteiger partial charge in [-0.25, -0.2) is 0 Å². The molecule has 0 saturated heterocycles. The molecule has 19 heavy (non-hydrogen) atoms. The maximum Gasteiger partial charge on any atom is 0.161 e. The van der Waals surface area contributed by atoms with E-state index >= 15 is 0 Å². The molecule has 0 saturated carbocycles. The summed E-state index contributed by atoms with van der Waals surface area (Å²) in [6.45, 7) is 11.4. The van der Waals surface area contributed by atoms with E-state index in [0.29, 0.717) is 25.2 Å². The smallest absolute Gasteiger partial charge is 0.161 e. The van der Waals surface area contributed by atoms with Crippen molar-refractivity contribution in [3.63, 3.8) is 0 Å². The highest BCUT2D eigenvalue weighted by Gasteiger charge is 2.35. The van der Waals surface area contributed by atoms with Crippen molar-refractivity contribution in [2.24, 2.45) is 5.92 Å². The van der Waals surface area contributed by atoms with Gasteiger partial charge in [-0.05, 0) is 29.2 Å². The van der Waals surface area contributed by atoms with Crippen molar-refractivity contribution in [2.45, 2.75) is 39.2 Å². The molecule has 3 heteroatoms. The van der Waals surface area contributed by atoms with Crippen molar-refractivity contribution in [1.82, 2.24) is 5.32 Å². The van der Waals surface area contributed by atoms with Crippen LogP contribution in [0.15, 0.2) is 12.1 Å². The molecule has 2 aliphatic rings. The maximum absolute atomic E-state index is 5.73. The summed E-state index contributed by atoms with van der Waals surface area (Å²) in [5.41, 5.74) is 2.90. The Morgan fingerprint density at radius 1 is 1.16 bits per heavy atom. The molecule has 3 nitrogen and oxygen atoms in total. The molecule has 0 amide bonds. The van der Waals surface area contributed by atoms with Gasteiger partial charge in [0.25, 0.3) is 0 Å². The van der Waals surface area contributed by atoms with Gasteiger partial charge in [0.2, 0.25) is 0 Å². The van der Waals surface area contributed by atoms with Crippen molar-refractivity contribution in [3.05, 3.63) is 23.3 Å². The molecule has 3 rings (SSSR count). The molecule has 2 heterocycles. The molecule has 0 radical (unpaired) electrons. The highest BCUT2D eigenvalue weighted by Crippen LogP contribution is 2.43. The zero-order valence-electron chi connectivity index (χ0n) is 12.2. The van der Waals surface area contributed by atoms with Crippen molar-refractivity contribution < 1.29 is 9.47 Å². The molecule has 1 aromatic carbocycles. The minimum absolute atomic E-state index is 0.135. The fourth-order valence-corrected chi connectivity index (χ4v) is 3.11. The maximum atomic E-state index is 5.73. The second-order valence-corrected chi connectivity index (χ2v) is 6.57.